The minimum absolute atomic E-state index is 0.168. The highest BCUT2D eigenvalue weighted by atomic mass is 35.5. The third-order valence-electron chi connectivity index (χ3n) is 4.20. The number of aryl methyl sites for hydroxylation is 2. The number of benzene rings is 2. The van der Waals surface area contributed by atoms with Gasteiger partial charge in [0.15, 0.2) is 5.69 Å². The Labute approximate surface area is 167 Å². The molecule has 0 spiro atoms. The molecule has 28 heavy (non-hydrogen) atoms. The predicted molar refractivity (Wildman–Crippen MR) is 108 cm³/mol. The van der Waals surface area contributed by atoms with E-state index in [0.717, 1.165) is 16.8 Å². The number of hydrogen-bond acceptors (Lipinski definition) is 4. The number of carbonyl (C=O) groups is 2. The standard InChI is InChI=1S/C20H20ClN5O2/c1-12-4-7-15(8-5-12)26-14(3)19(24-25-26)20(28)22-11-18(27)23-17-9-6-13(2)10-16(17)21/h4-10H,11H2,1-3H3,(H,22,28)(H,23,27). The summed E-state index contributed by atoms with van der Waals surface area (Å²) >= 11 is 6.10. The molecule has 0 aliphatic carbocycles. The van der Waals surface area contributed by atoms with E-state index in [9.17, 15) is 9.59 Å². The van der Waals surface area contributed by atoms with Gasteiger partial charge in [-0.3, -0.25) is 9.59 Å². The van der Waals surface area contributed by atoms with E-state index in [0.29, 0.717) is 16.4 Å². The van der Waals surface area contributed by atoms with Crippen LogP contribution in [-0.4, -0.2) is 33.4 Å². The van der Waals surface area contributed by atoms with Crippen LogP contribution in [0.2, 0.25) is 5.02 Å². The molecule has 1 heterocycles. The van der Waals surface area contributed by atoms with E-state index in [-0.39, 0.29) is 18.1 Å². The van der Waals surface area contributed by atoms with Crippen molar-refractivity contribution in [3.05, 3.63) is 70.0 Å². The minimum Gasteiger partial charge on any atom is -0.342 e. The molecule has 0 bridgehead atoms. The van der Waals surface area contributed by atoms with Crippen LogP contribution < -0.4 is 10.6 Å². The molecule has 7 nitrogen and oxygen atoms in total. The Morgan fingerprint density at radius 2 is 1.71 bits per heavy atom. The van der Waals surface area contributed by atoms with Gasteiger partial charge in [0, 0.05) is 0 Å². The van der Waals surface area contributed by atoms with E-state index >= 15 is 0 Å². The summed E-state index contributed by atoms with van der Waals surface area (Å²) in [6.45, 7) is 5.44. The molecule has 2 amide bonds. The van der Waals surface area contributed by atoms with Crippen LogP contribution in [0.15, 0.2) is 42.5 Å². The number of hydrogen-bond donors (Lipinski definition) is 2. The van der Waals surface area contributed by atoms with Gasteiger partial charge in [0.2, 0.25) is 5.91 Å². The summed E-state index contributed by atoms with van der Waals surface area (Å²) < 4.78 is 1.58. The van der Waals surface area contributed by atoms with Crippen LogP contribution in [0.5, 0.6) is 0 Å². The molecular weight excluding hydrogens is 378 g/mol. The first-order valence-electron chi connectivity index (χ1n) is 8.68. The van der Waals surface area contributed by atoms with Crippen LogP contribution >= 0.6 is 11.6 Å². The number of nitrogens with zero attached hydrogens (tertiary/aromatic N) is 3. The van der Waals surface area contributed by atoms with E-state index < -0.39 is 5.91 Å². The fourth-order valence-corrected chi connectivity index (χ4v) is 2.91. The van der Waals surface area contributed by atoms with Crippen molar-refractivity contribution in [1.29, 1.82) is 0 Å². The molecule has 3 rings (SSSR count). The molecule has 3 aromatic rings. The first-order chi connectivity index (χ1) is 13.3. The summed E-state index contributed by atoms with van der Waals surface area (Å²) in [7, 11) is 0. The second kappa shape index (κ2) is 8.22. The molecule has 0 unspecified atom stereocenters. The van der Waals surface area contributed by atoms with Crippen molar-refractivity contribution in [2.45, 2.75) is 20.8 Å². The molecule has 0 aliphatic rings. The average molecular weight is 398 g/mol. The molecule has 0 aliphatic heterocycles. The normalized spacial score (nSPS) is 10.6. The number of aromatic nitrogens is 3. The lowest BCUT2D eigenvalue weighted by Crippen LogP contribution is -2.33. The van der Waals surface area contributed by atoms with E-state index in [4.69, 9.17) is 11.6 Å². The average Bonchev–Trinajstić information content (AvgIpc) is 3.04. The van der Waals surface area contributed by atoms with Gasteiger partial charge in [0.1, 0.15) is 0 Å². The molecule has 1 aromatic heterocycles. The molecule has 8 heteroatoms. The van der Waals surface area contributed by atoms with Crippen LogP contribution in [0.3, 0.4) is 0 Å². The van der Waals surface area contributed by atoms with E-state index in [2.05, 4.69) is 20.9 Å². The summed E-state index contributed by atoms with van der Waals surface area (Å²) in [6, 6.07) is 13.0. The first-order valence-corrected chi connectivity index (χ1v) is 9.06. The number of rotatable bonds is 5. The third-order valence-corrected chi connectivity index (χ3v) is 4.51. The second-order valence-electron chi connectivity index (χ2n) is 6.48. The van der Waals surface area contributed by atoms with Gasteiger partial charge < -0.3 is 10.6 Å². The van der Waals surface area contributed by atoms with Gasteiger partial charge in [0.25, 0.3) is 5.91 Å². The van der Waals surface area contributed by atoms with Gasteiger partial charge in [-0.2, -0.15) is 0 Å². The Balaban J connectivity index is 1.63. The largest absolute Gasteiger partial charge is 0.342 e. The Kier molecular flexibility index (Phi) is 5.75. The molecule has 2 aromatic carbocycles. The fourth-order valence-electron chi connectivity index (χ4n) is 2.63. The Bertz CT molecular complexity index is 1030. The summed E-state index contributed by atoms with van der Waals surface area (Å²) in [5.74, 6) is -0.858. The molecule has 0 saturated carbocycles. The zero-order chi connectivity index (χ0) is 20.3. The summed E-state index contributed by atoms with van der Waals surface area (Å²) in [4.78, 5) is 24.5. The van der Waals surface area contributed by atoms with E-state index in [1.54, 1.807) is 23.7 Å². The van der Waals surface area contributed by atoms with Gasteiger partial charge in [0.05, 0.1) is 28.6 Å². The van der Waals surface area contributed by atoms with Crippen LogP contribution in [0.1, 0.15) is 27.3 Å². The van der Waals surface area contributed by atoms with Crippen molar-refractivity contribution < 1.29 is 9.59 Å². The van der Waals surface area contributed by atoms with Crippen molar-refractivity contribution in [2.75, 3.05) is 11.9 Å². The fraction of sp³-hybridized carbons (Fsp3) is 0.200. The molecular formula is C20H20ClN5O2. The number of halogens is 1. The summed E-state index contributed by atoms with van der Waals surface area (Å²) in [6.07, 6.45) is 0. The zero-order valence-corrected chi connectivity index (χ0v) is 16.5. The van der Waals surface area contributed by atoms with Crippen LogP contribution in [0.25, 0.3) is 5.69 Å². The number of carbonyl (C=O) groups excluding carboxylic acids is 2. The highest BCUT2D eigenvalue weighted by molar-refractivity contribution is 6.33. The van der Waals surface area contributed by atoms with Gasteiger partial charge in [-0.05, 0) is 50.6 Å². The number of nitrogens with one attached hydrogen (secondary N) is 2. The van der Waals surface area contributed by atoms with Gasteiger partial charge in [-0.15, -0.1) is 5.10 Å². The van der Waals surface area contributed by atoms with Gasteiger partial charge >= 0.3 is 0 Å². The summed E-state index contributed by atoms with van der Waals surface area (Å²) in [5, 5.41) is 13.7. The highest BCUT2D eigenvalue weighted by Gasteiger charge is 2.18. The first kappa shape index (κ1) is 19.6. The van der Waals surface area contributed by atoms with Crippen LogP contribution in [-0.2, 0) is 4.79 Å². The number of anilines is 1. The van der Waals surface area contributed by atoms with Crippen molar-refractivity contribution in [3.8, 4) is 5.69 Å². The Hall–Kier alpha value is -3.19. The molecule has 0 radical (unpaired) electrons. The smallest absolute Gasteiger partial charge is 0.274 e. The Morgan fingerprint density at radius 1 is 1.04 bits per heavy atom. The molecule has 2 N–H and O–H groups in total. The van der Waals surface area contributed by atoms with E-state index in [1.807, 2.05) is 44.2 Å². The Morgan fingerprint density at radius 3 is 2.39 bits per heavy atom. The quantitative estimate of drug-likeness (QED) is 0.691. The maximum absolute atomic E-state index is 12.4. The van der Waals surface area contributed by atoms with Gasteiger partial charge in [-0.25, -0.2) is 4.68 Å². The number of amides is 2. The van der Waals surface area contributed by atoms with Crippen molar-refractivity contribution in [2.24, 2.45) is 0 Å². The van der Waals surface area contributed by atoms with Crippen molar-refractivity contribution in [3.63, 3.8) is 0 Å². The lowest BCUT2D eigenvalue weighted by molar-refractivity contribution is -0.115. The minimum atomic E-state index is -0.471. The topological polar surface area (TPSA) is 88.9 Å². The molecule has 0 saturated heterocycles. The van der Waals surface area contributed by atoms with Crippen molar-refractivity contribution in [1.82, 2.24) is 20.3 Å². The monoisotopic (exact) mass is 397 g/mol. The lowest BCUT2D eigenvalue weighted by Gasteiger charge is -2.09. The third kappa shape index (κ3) is 4.37. The molecule has 0 atom stereocenters. The van der Waals surface area contributed by atoms with Crippen molar-refractivity contribution >= 4 is 29.1 Å². The summed E-state index contributed by atoms with van der Waals surface area (Å²) in [5.41, 5.74) is 4.17. The SMILES string of the molecule is Cc1ccc(-n2nnc(C(=O)NCC(=O)Nc3ccc(C)cc3Cl)c2C)cc1. The molecule has 0 fully saturated rings. The lowest BCUT2D eigenvalue weighted by atomic mass is 10.2. The van der Waals surface area contributed by atoms with Gasteiger partial charge in [-0.1, -0.05) is 40.6 Å². The van der Waals surface area contributed by atoms with Crippen LogP contribution in [0, 0.1) is 20.8 Å². The highest BCUT2D eigenvalue weighted by Crippen LogP contribution is 2.22. The van der Waals surface area contributed by atoms with E-state index in [1.165, 1.54) is 0 Å². The maximum atomic E-state index is 12.4. The van der Waals surface area contributed by atoms with Crippen LogP contribution in [0.4, 0.5) is 5.69 Å². The second-order valence-corrected chi connectivity index (χ2v) is 6.89. The zero-order valence-electron chi connectivity index (χ0n) is 15.8. The molecule has 144 valence electrons. The maximum Gasteiger partial charge on any atom is 0.274 e. The predicted octanol–water partition coefficient (Wildman–Crippen LogP) is 3.21.